The van der Waals surface area contributed by atoms with E-state index in [9.17, 15) is 4.79 Å². The third-order valence-electron chi connectivity index (χ3n) is 2.24. The Morgan fingerprint density at radius 1 is 1.46 bits per heavy atom. The second kappa shape index (κ2) is 3.28. The van der Waals surface area contributed by atoms with Gasteiger partial charge in [-0.1, -0.05) is 13.8 Å². The molecule has 0 amide bonds. The van der Waals surface area contributed by atoms with Crippen molar-refractivity contribution >= 4 is 5.69 Å². The first-order valence-electron chi connectivity index (χ1n) is 4.47. The van der Waals surface area contributed by atoms with E-state index >= 15 is 0 Å². The third kappa shape index (κ3) is 1.61. The van der Waals surface area contributed by atoms with Gasteiger partial charge in [0.2, 0.25) is 0 Å². The van der Waals surface area contributed by atoms with Gasteiger partial charge in [-0.05, 0) is 12.8 Å². The molecule has 1 aromatic rings. The number of rotatable bonds is 2. The lowest BCUT2D eigenvalue weighted by Crippen LogP contribution is -2.24. The molecule has 0 bridgehead atoms. The van der Waals surface area contributed by atoms with Crippen molar-refractivity contribution in [2.45, 2.75) is 27.3 Å². The molecule has 0 spiro atoms. The quantitative estimate of drug-likeness (QED) is 0.735. The molecule has 1 heterocycles. The van der Waals surface area contributed by atoms with Gasteiger partial charge in [-0.3, -0.25) is 9.48 Å². The minimum Gasteiger partial charge on any atom is -0.393 e. The standard InChI is InChI=1S/C9H17N3O/c1-6(2)5-12-9(13)8(10)7(3)11(12)4/h6H,5,10H2,1-4H3. The predicted molar refractivity (Wildman–Crippen MR) is 53.7 cm³/mol. The molecular weight excluding hydrogens is 166 g/mol. The number of nitrogens with two attached hydrogens (primary N) is 1. The van der Waals surface area contributed by atoms with E-state index in [4.69, 9.17) is 5.73 Å². The van der Waals surface area contributed by atoms with Gasteiger partial charge in [0, 0.05) is 13.6 Å². The zero-order chi connectivity index (χ0) is 10.2. The summed E-state index contributed by atoms with van der Waals surface area (Å²) in [7, 11) is 1.86. The minimum atomic E-state index is -0.0753. The lowest BCUT2D eigenvalue weighted by molar-refractivity contribution is 0.414. The number of hydrogen-bond donors (Lipinski definition) is 1. The van der Waals surface area contributed by atoms with Gasteiger partial charge in [0.25, 0.3) is 5.56 Å². The van der Waals surface area contributed by atoms with Crippen molar-refractivity contribution in [1.29, 1.82) is 0 Å². The van der Waals surface area contributed by atoms with Crippen LogP contribution in [-0.4, -0.2) is 9.36 Å². The maximum atomic E-state index is 11.6. The summed E-state index contributed by atoms with van der Waals surface area (Å²) < 4.78 is 3.49. The van der Waals surface area contributed by atoms with Crippen LogP contribution in [0.1, 0.15) is 19.5 Å². The number of anilines is 1. The number of nitrogen functional groups attached to an aromatic ring is 1. The van der Waals surface area contributed by atoms with Gasteiger partial charge < -0.3 is 5.73 Å². The molecule has 0 aliphatic carbocycles. The fourth-order valence-electron chi connectivity index (χ4n) is 1.34. The van der Waals surface area contributed by atoms with Crippen molar-refractivity contribution in [1.82, 2.24) is 9.36 Å². The van der Waals surface area contributed by atoms with Crippen LogP contribution < -0.4 is 11.3 Å². The summed E-state index contributed by atoms with van der Waals surface area (Å²) in [5.41, 5.74) is 6.75. The van der Waals surface area contributed by atoms with E-state index in [-0.39, 0.29) is 5.56 Å². The highest BCUT2D eigenvalue weighted by Gasteiger charge is 2.11. The van der Waals surface area contributed by atoms with Crippen molar-refractivity contribution < 1.29 is 0 Å². The lowest BCUT2D eigenvalue weighted by Gasteiger charge is -2.09. The molecule has 0 aliphatic rings. The molecule has 2 N–H and O–H groups in total. The second-order valence-electron chi connectivity index (χ2n) is 3.80. The normalized spacial score (nSPS) is 11.2. The Morgan fingerprint density at radius 2 is 2.00 bits per heavy atom. The Kier molecular flexibility index (Phi) is 2.50. The van der Waals surface area contributed by atoms with Gasteiger partial charge in [-0.25, -0.2) is 4.68 Å². The fraction of sp³-hybridized carbons (Fsp3) is 0.667. The van der Waals surface area contributed by atoms with Gasteiger partial charge >= 0.3 is 0 Å². The molecule has 4 nitrogen and oxygen atoms in total. The molecule has 0 aliphatic heterocycles. The molecule has 0 atom stereocenters. The molecule has 0 fully saturated rings. The third-order valence-corrected chi connectivity index (χ3v) is 2.24. The summed E-state index contributed by atoms with van der Waals surface area (Å²) in [6.07, 6.45) is 0. The van der Waals surface area contributed by atoms with Crippen molar-refractivity contribution in [3.8, 4) is 0 Å². The summed E-state index contributed by atoms with van der Waals surface area (Å²) in [6.45, 7) is 6.72. The number of hydrogen-bond acceptors (Lipinski definition) is 2. The van der Waals surface area contributed by atoms with E-state index in [2.05, 4.69) is 13.8 Å². The molecule has 4 heteroatoms. The first-order valence-corrected chi connectivity index (χ1v) is 4.47. The SMILES string of the molecule is Cc1c(N)c(=O)n(CC(C)C)n1C. The summed E-state index contributed by atoms with van der Waals surface area (Å²) >= 11 is 0. The summed E-state index contributed by atoms with van der Waals surface area (Å²) in [6, 6.07) is 0. The number of nitrogens with zero attached hydrogens (tertiary/aromatic N) is 2. The Bertz CT molecular complexity index is 360. The maximum absolute atomic E-state index is 11.6. The van der Waals surface area contributed by atoms with Crippen LogP contribution in [0.4, 0.5) is 5.69 Å². The Balaban J connectivity index is 3.22. The van der Waals surface area contributed by atoms with Crippen LogP contribution in [0.25, 0.3) is 0 Å². The predicted octanol–water partition coefficient (Wildman–Crippen LogP) is 0.733. The molecule has 13 heavy (non-hydrogen) atoms. The topological polar surface area (TPSA) is 53.0 Å². The molecule has 0 aromatic carbocycles. The Morgan fingerprint density at radius 3 is 2.31 bits per heavy atom. The van der Waals surface area contributed by atoms with Crippen LogP contribution in [0.5, 0.6) is 0 Å². The zero-order valence-corrected chi connectivity index (χ0v) is 8.66. The fourth-order valence-corrected chi connectivity index (χ4v) is 1.34. The van der Waals surface area contributed by atoms with Crippen LogP contribution >= 0.6 is 0 Å². The van der Waals surface area contributed by atoms with Crippen molar-refractivity contribution in [3.63, 3.8) is 0 Å². The highest BCUT2D eigenvalue weighted by atomic mass is 16.1. The maximum Gasteiger partial charge on any atom is 0.290 e. The molecule has 0 saturated carbocycles. The highest BCUT2D eigenvalue weighted by Crippen LogP contribution is 2.06. The molecule has 1 aromatic heterocycles. The van der Waals surface area contributed by atoms with Crippen molar-refractivity contribution in [2.24, 2.45) is 13.0 Å². The molecule has 0 radical (unpaired) electrons. The van der Waals surface area contributed by atoms with E-state index in [1.54, 1.807) is 4.68 Å². The Labute approximate surface area is 77.9 Å². The monoisotopic (exact) mass is 183 g/mol. The Hall–Kier alpha value is -1.19. The van der Waals surface area contributed by atoms with Crippen LogP contribution in [0, 0.1) is 12.8 Å². The summed E-state index contributed by atoms with van der Waals surface area (Å²) in [4.78, 5) is 11.6. The molecule has 1 rings (SSSR count). The van der Waals surface area contributed by atoms with Gasteiger partial charge in [0.1, 0.15) is 5.69 Å². The molecule has 0 unspecified atom stereocenters. The first-order chi connectivity index (χ1) is 5.95. The summed E-state index contributed by atoms with van der Waals surface area (Å²) in [5, 5.41) is 0. The second-order valence-corrected chi connectivity index (χ2v) is 3.80. The minimum absolute atomic E-state index is 0.0753. The van der Waals surface area contributed by atoms with Crippen LogP contribution in [0.3, 0.4) is 0 Å². The smallest absolute Gasteiger partial charge is 0.290 e. The lowest BCUT2D eigenvalue weighted by atomic mass is 10.2. The largest absolute Gasteiger partial charge is 0.393 e. The average Bonchev–Trinajstić information content (AvgIpc) is 2.22. The van der Waals surface area contributed by atoms with Crippen molar-refractivity contribution in [3.05, 3.63) is 16.0 Å². The highest BCUT2D eigenvalue weighted by molar-refractivity contribution is 5.40. The zero-order valence-electron chi connectivity index (χ0n) is 8.66. The molecule has 74 valence electrons. The summed E-state index contributed by atoms with van der Waals surface area (Å²) in [5.74, 6) is 0.449. The number of aromatic nitrogens is 2. The van der Waals surface area contributed by atoms with Crippen LogP contribution in [-0.2, 0) is 13.6 Å². The van der Waals surface area contributed by atoms with E-state index in [1.165, 1.54) is 0 Å². The molecular formula is C9H17N3O. The van der Waals surface area contributed by atoms with E-state index in [0.29, 0.717) is 18.2 Å². The van der Waals surface area contributed by atoms with Crippen molar-refractivity contribution in [2.75, 3.05) is 5.73 Å². The van der Waals surface area contributed by atoms with Gasteiger partial charge in [-0.15, -0.1) is 0 Å². The molecule has 0 saturated heterocycles. The van der Waals surface area contributed by atoms with E-state index in [0.717, 1.165) is 5.69 Å². The van der Waals surface area contributed by atoms with Gasteiger partial charge in [0.05, 0.1) is 5.69 Å². The van der Waals surface area contributed by atoms with Gasteiger partial charge in [-0.2, -0.15) is 0 Å². The van der Waals surface area contributed by atoms with Gasteiger partial charge in [0.15, 0.2) is 0 Å². The first kappa shape index (κ1) is 9.89. The van der Waals surface area contributed by atoms with E-state index in [1.807, 2.05) is 18.7 Å². The average molecular weight is 183 g/mol. The van der Waals surface area contributed by atoms with E-state index < -0.39 is 0 Å². The van der Waals surface area contributed by atoms with Crippen LogP contribution in [0.15, 0.2) is 4.79 Å². The van der Waals surface area contributed by atoms with Crippen LogP contribution in [0.2, 0.25) is 0 Å².